The second kappa shape index (κ2) is 8.56. The average Bonchev–Trinajstić information content (AvgIpc) is 3.41. The normalized spacial score (nSPS) is 10.8. The van der Waals surface area contributed by atoms with Gasteiger partial charge in [-0.25, -0.2) is 4.68 Å². The third kappa shape index (κ3) is 4.43. The summed E-state index contributed by atoms with van der Waals surface area (Å²) in [5.74, 6) is -0.0862. The minimum atomic E-state index is -0.0862. The van der Waals surface area contributed by atoms with E-state index in [-0.39, 0.29) is 5.91 Å². The number of hydrogen-bond acceptors (Lipinski definition) is 3. The number of hydrogen-bond donors (Lipinski definition) is 1. The Hall–Kier alpha value is -3.67. The summed E-state index contributed by atoms with van der Waals surface area (Å²) in [6.07, 6.45) is 6.43. The second-order valence-corrected chi connectivity index (χ2v) is 6.93. The molecule has 2 aromatic carbocycles. The van der Waals surface area contributed by atoms with Crippen LogP contribution in [0.5, 0.6) is 0 Å². The van der Waals surface area contributed by atoms with Gasteiger partial charge in [0.25, 0.3) is 5.91 Å². The summed E-state index contributed by atoms with van der Waals surface area (Å²) >= 11 is 0. The van der Waals surface area contributed by atoms with Crippen molar-refractivity contribution in [3.63, 3.8) is 0 Å². The number of carbonyl (C=O) groups excluding carboxylic acids is 1. The molecule has 0 atom stereocenters. The van der Waals surface area contributed by atoms with Crippen LogP contribution in [0, 0.1) is 6.92 Å². The van der Waals surface area contributed by atoms with E-state index in [1.165, 1.54) is 0 Å². The number of nitrogens with one attached hydrogen (secondary N) is 1. The molecule has 4 rings (SSSR count). The zero-order chi connectivity index (χ0) is 20.1. The van der Waals surface area contributed by atoms with Crippen molar-refractivity contribution in [2.24, 2.45) is 0 Å². The highest BCUT2D eigenvalue weighted by Gasteiger charge is 2.10. The SMILES string of the molecule is Cc1cnn(CCCNC(=O)c2cccc(-n3nccc3-c3ccccc3)c2)c1. The maximum absolute atomic E-state index is 12.6. The Balaban J connectivity index is 1.42. The van der Waals surface area contributed by atoms with Crippen molar-refractivity contribution >= 4 is 5.91 Å². The van der Waals surface area contributed by atoms with Gasteiger partial charge in [-0.1, -0.05) is 36.4 Å². The van der Waals surface area contributed by atoms with Crippen LogP contribution in [0.15, 0.2) is 79.3 Å². The topological polar surface area (TPSA) is 64.7 Å². The molecule has 0 radical (unpaired) electrons. The van der Waals surface area contributed by atoms with Crippen molar-refractivity contribution in [2.75, 3.05) is 6.54 Å². The number of rotatable bonds is 7. The van der Waals surface area contributed by atoms with E-state index in [2.05, 4.69) is 15.5 Å². The van der Waals surface area contributed by atoms with E-state index in [1.54, 1.807) is 6.20 Å². The van der Waals surface area contributed by atoms with Crippen LogP contribution in [0.2, 0.25) is 0 Å². The van der Waals surface area contributed by atoms with E-state index >= 15 is 0 Å². The van der Waals surface area contributed by atoms with Crippen LogP contribution in [0.4, 0.5) is 0 Å². The molecule has 0 saturated carbocycles. The van der Waals surface area contributed by atoms with Crippen molar-refractivity contribution in [2.45, 2.75) is 19.9 Å². The number of aromatic nitrogens is 4. The van der Waals surface area contributed by atoms with Crippen LogP contribution in [0.25, 0.3) is 16.9 Å². The molecule has 6 heteroatoms. The maximum Gasteiger partial charge on any atom is 0.251 e. The first kappa shape index (κ1) is 18.7. The molecule has 0 aliphatic rings. The molecule has 6 nitrogen and oxygen atoms in total. The molecular weight excluding hydrogens is 362 g/mol. The monoisotopic (exact) mass is 385 g/mol. The molecule has 0 unspecified atom stereocenters. The summed E-state index contributed by atoms with van der Waals surface area (Å²) in [5, 5.41) is 11.7. The van der Waals surface area contributed by atoms with Gasteiger partial charge >= 0.3 is 0 Å². The van der Waals surface area contributed by atoms with Gasteiger partial charge in [0.05, 0.1) is 23.8 Å². The van der Waals surface area contributed by atoms with Crippen LogP contribution >= 0.6 is 0 Å². The summed E-state index contributed by atoms with van der Waals surface area (Å²) in [4.78, 5) is 12.6. The molecule has 0 saturated heterocycles. The third-order valence-electron chi connectivity index (χ3n) is 4.68. The van der Waals surface area contributed by atoms with E-state index in [0.717, 1.165) is 35.5 Å². The Labute approximate surface area is 169 Å². The summed E-state index contributed by atoms with van der Waals surface area (Å²) in [7, 11) is 0. The second-order valence-electron chi connectivity index (χ2n) is 6.93. The molecule has 1 N–H and O–H groups in total. The Morgan fingerprint density at radius 2 is 1.90 bits per heavy atom. The van der Waals surface area contributed by atoms with Gasteiger partial charge in [0.1, 0.15) is 0 Å². The molecule has 0 aliphatic heterocycles. The fourth-order valence-electron chi connectivity index (χ4n) is 3.25. The Kier molecular flexibility index (Phi) is 5.52. The lowest BCUT2D eigenvalue weighted by Gasteiger charge is -2.10. The van der Waals surface area contributed by atoms with Gasteiger partial charge in [0, 0.05) is 30.4 Å². The maximum atomic E-state index is 12.6. The minimum absolute atomic E-state index is 0.0862. The van der Waals surface area contributed by atoms with Crippen LogP contribution in [0.1, 0.15) is 22.3 Å². The number of amides is 1. The standard InChI is InChI=1S/C23H23N5O/c1-18-16-26-27(17-18)14-6-12-24-23(29)20-9-5-10-21(15-20)28-22(11-13-25-28)19-7-3-2-4-8-19/h2-5,7-11,13,15-17H,6,12,14H2,1H3,(H,24,29). The predicted molar refractivity (Wildman–Crippen MR) is 113 cm³/mol. The first-order chi connectivity index (χ1) is 14.2. The largest absolute Gasteiger partial charge is 0.352 e. The van der Waals surface area contributed by atoms with E-state index in [4.69, 9.17) is 0 Å². The van der Waals surface area contributed by atoms with E-state index in [0.29, 0.717) is 12.1 Å². The van der Waals surface area contributed by atoms with Crippen molar-refractivity contribution in [1.82, 2.24) is 24.9 Å². The summed E-state index contributed by atoms with van der Waals surface area (Å²) in [6, 6.07) is 19.6. The van der Waals surface area contributed by atoms with E-state index < -0.39 is 0 Å². The van der Waals surface area contributed by atoms with Gasteiger partial charge in [-0.05, 0) is 43.2 Å². The quantitative estimate of drug-likeness (QED) is 0.491. The zero-order valence-electron chi connectivity index (χ0n) is 16.3. The highest BCUT2D eigenvalue weighted by atomic mass is 16.1. The van der Waals surface area contributed by atoms with Crippen molar-refractivity contribution in [3.05, 3.63) is 90.4 Å². The number of benzene rings is 2. The van der Waals surface area contributed by atoms with E-state index in [9.17, 15) is 4.79 Å². The fraction of sp³-hybridized carbons (Fsp3) is 0.174. The molecule has 2 aromatic heterocycles. The summed E-state index contributed by atoms with van der Waals surface area (Å²) in [6.45, 7) is 3.39. The molecule has 0 fully saturated rings. The molecule has 0 spiro atoms. The number of nitrogens with zero attached hydrogens (tertiary/aromatic N) is 4. The van der Waals surface area contributed by atoms with Gasteiger partial charge in [0.15, 0.2) is 0 Å². The van der Waals surface area contributed by atoms with Gasteiger partial charge < -0.3 is 5.32 Å². The Morgan fingerprint density at radius 3 is 2.69 bits per heavy atom. The molecule has 0 aliphatic carbocycles. The van der Waals surface area contributed by atoms with Crippen molar-refractivity contribution in [3.8, 4) is 16.9 Å². The average molecular weight is 385 g/mol. The molecule has 146 valence electrons. The lowest BCUT2D eigenvalue weighted by molar-refractivity contribution is 0.0952. The van der Waals surface area contributed by atoms with Gasteiger partial charge in [0.2, 0.25) is 0 Å². The lowest BCUT2D eigenvalue weighted by atomic mass is 10.1. The highest BCUT2D eigenvalue weighted by Crippen LogP contribution is 2.22. The van der Waals surface area contributed by atoms with Gasteiger partial charge in [-0.2, -0.15) is 10.2 Å². The van der Waals surface area contributed by atoms with Crippen LogP contribution in [0.3, 0.4) is 0 Å². The molecule has 2 heterocycles. The van der Waals surface area contributed by atoms with Crippen molar-refractivity contribution in [1.29, 1.82) is 0 Å². The number of carbonyl (C=O) groups is 1. The van der Waals surface area contributed by atoms with Crippen LogP contribution < -0.4 is 5.32 Å². The molecular formula is C23H23N5O. The predicted octanol–water partition coefficient (Wildman–Crippen LogP) is 3.86. The van der Waals surface area contributed by atoms with Crippen molar-refractivity contribution < 1.29 is 4.79 Å². The molecule has 29 heavy (non-hydrogen) atoms. The lowest BCUT2D eigenvalue weighted by Crippen LogP contribution is -2.25. The Morgan fingerprint density at radius 1 is 1.03 bits per heavy atom. The van der Waals surface area contributed by atoms with Gasteiger partial charge in [-0.3, -0.25) is 9.48 Å². The van der Waals surface area contributed by atoms with Crippen LogP contribution in [-0.2, 0) is 6.54 Å². The van der Waals surface area contributed by atoms with Crippen LogP contribution in [-0.4, -0.2) is 32.0 Å². The molecule has 1 amide bonds. The first-order valence-corrected chi connectivity index (χ1v) is 9.68. The minimum Gasteiger partial charge on any atom is -0.352 e. The fourth-order valence-corrected chi connectivity index (χ4v) is 3.25. The first-order valence-electron chi connectivity index (χ1n) is 9.68. The zero-order valence-corrected chi connectivity index (χ0v) is 16.3. The Bertz CT molecular complexity index is 1100. The summed E-state index contributed by atoms with van der Waals surface area (Å²) < 4.78 is 3.75. The summed E-state index contributed by atoms with van der Waals surface area (Å²) in [5.41, 5.74) is 4.67. The molecule has 4 aromatic rings. The third-order valence-corrected chi connectivity index (χ3v) is 4.68. The van der Waals surface area contributed by atoms with E-state index in [1.807, 2.05) is 89.3 Å². The van der Waals surface area contributed by atoms with Gasteiger partial charge in [-0.15, -0.1) is 0 Å². The molecule has 0 bridgehead atoms. The number of aryl methyl sites for hydroxylation is 2. The smallest absolute Gasteiger partial charge is 0.251 e. The highest BCUT2D eigenvalue weighted by molar-refractivity contribution is 5.94.